The molecule has 0 spiro atoms. The van der Waals surface area contributed by atoms with Crippen molar-refractivity contribution >= 4 is 17.3 Å². The highest BCUT2D eigenvalue weighted by Crippen LogP contribution is 2.28. The van der Waals surface area contributed by atoms with Gasteiger partial charge >= 0.3 is 5.97 Å². The molecule has 0 radical (unpaired) electrons. The van der Waals surface area contributed by atoms with E-state index in [0.29, 0.717) is 6.42 Å². The van der Waals surface area contributed by atoms with Crippen molar-refractivity contribution in [1.29, 1.82) is 0 Å². The molecule has 0 bridgehead atoms. The standard InChI is InChI=1S/C14H15NO2S/c1-9-3-4-11(7-10(9)2)12-8-15-13(18-12)5-6-14(16)17/h3-4,7-8H,5-6H2,1-2H3,(H,16,17). The number of thiazole rings is 1. The second-order valence-electron chi connectivity index (χ2n) is 4.31. The van der Waals surface area contributed by atoms with Crippen LogP contribution in [0.5, 0.6) is 0 Å². The van der Waals surface area contributed by atoms with E-state index in [1.807, 2.05) is 6.20 Å². The average Bonchev–Trinajstić information content (AvgIpc) is 2.79. The van der Waals surface area contributed by atoms with Gasteiger partial charge in [-0.05, 0) is 30.5 Å². The van der Waals surface area contributed by atoms with Gasteiger partial charge in [-0.15, -0.1) is 11.3 Å². The molecular formula is C14H15NO2S. The number of rotatable bonds is 4. The predicted octanol–water partition coefficient (Wildman–Crippen LogP) is 3.44. The van der Waals surface area contributed by atoms with Gasteiger partial charge in [-0.1, -0.05) is 18.2 Å². The van der Waals surface area contributed by atoms with Crippen LogP contribution >= 0.6 is 11.3 Å². The first-order chi connectivity index (χ1) is 8.56. The Morgan fingerprint density at radius 1 is 1.33 bits per heavy atom. The van der Waals surface area contributed by atoms with Crippen molar-refractivity contribution in [2.75, 3.05) is 0 Å². The summed E-state index contributed by atoms with van der Waals surface area (Å²) in [6.45, 7) is 4.18. The van der Waals surface area contributed by atoms with E-state index >= 15 is 0 Å². The number of carboxylic acids is 1. The first-order valence-electron chi connectivity index (χ1n) is 5.80. The molecule has 2 rings (SSSR count). The van der Waals surface area contributed by atoms with Gasteiger partial charge < -0.3 is 5.11 Å². The number of benzene rings is 1. The van der Waals surface area contributed by atoms with Gasteiger partial charge in [0, 0.05) is 12.6 Å². The Morgan fingerprint density at radius 3 is 2.78 bits per heavy atom. The zero-order chi connectivity index (χ0) is 13.1. The monoisotopic (exact) mass is 261 g/mol. The van der Waals surface area contributed by atoms with E-state index in [9.17, 15) is 4.79 Å². The van der Waals surface area contributed by atoms with Crippen molar-refractivity contribution in [3.63, 3.8) is 0 Å². The van der Waals surface area contributed by atoms with Crippen molar-refractivity contribution < 1.29 is 9.90 Å². The second kappa shape index (κ2) is 5.31. The van der Waals surface area contributed by atoms with Gasteiger partial charge in [0.25, 0.3) is 0 Å². The third kappa shape index (κ3) is 2.96. The maximum atomic E-state index is 10.5. The highest BCUT2D eigenvalue weighted by Gasteiger charge is 2.07. The zero-order valence-corrected chi connectivity index (χ0v) is 11.3. The highest BCUT2D eigenvalue weighted by atomic mass is 32.1. The lowest BCUT2D eigenvalue weighted by atomic mass is 10.1. The van der Waals surface area contributed by atoms with E-state index in [2.05, 4.69) is 37.0 Å². The van der Waals surface area contributed by atoms with Crippen molar-refractivity contribution in [1.82, 2.24) is 4.98 Å². The van der Waals surface area contributed by atoms with Gasteiger partial charge in [-0.3, -0.25) is 4.79 Å². The summed E-state index contributed by atoms with van der Waals surface area (Å²) in [5.74, 6) is -0.780. The summed E-state index contributed by atoms with van der Waals surface area (Å²) in [5, 5.41) is 9.52. The Kier molecular flexibility index (Phi) is 3.77. The van der Waals surface area contributed by atoms with Crippen molar-refractivity contribution in [3.8, 4) is 10.4 Å². The molecule has 1 N–H and O–H groups in total. The Labute approximate surface area is 110 Å². The van der Waals surface area contributed by atoms with Crippen LogP contribution in [0.25, 0.3) is 10.4 Å². The molecule has 1 aromatic heterocycles. The molecule has 94 valence electrons. The van der Waals surface area contributed by atoms with Crippen LogP contribution in [0, 0.1) is 13.8 Å². The average molecular weight is 261 g/mol. The van der Waals surface area contributed by atoms with Gasteiger partial charge in [-0.25, -0.2) is 4.98 Å². The van der Waals surface area contributed by atoms with Gasteiger partial charge in [0.15, 0.2) is 0 Å². The summed E-state index contributed by atoms with van der Waals surface area (Å²) in [5.41, 5.74) is 3.68. The Bertz CT molecular complexity index is 575. The minimum Gasteiger partial charge on any atom is -0.481 e. The lowest BCUT2D eigenvalue weighted by Gasteiger charge is -2.02. The van der Waals surface area contributed by atoms with Crippen LogP contribution in [-0.2, 0) is 11.2 Å². The van der Waals surface area contributed by atoms with Crippen molar-refractivity contribution in [2.45, 2.75) is 26.7 Å². The number of aliphatic carboxylic acids is 1. The molecule has 0 aliphatic rings. The first kappa shape index (κ1) is 12.8. The minimum absolute atomic E-state index is 0.139. The molecule has 0 atom stereocenters. The number of nitrogens with zero attached hydrogens (tertiary/aromatic N) is 1. The molecule has 1 heterocycles. The van der Waals surface area contributed by atoms with E-state index in [0.717, 1.165) is 15.4 Å². The molecule has 18 heavy (non-hydrogen) atoms. The molecule has 1 aromatic carbocycles. The van der Waals surface area contributed by atoms with E-state index in [-0.39, 0.29) is 6.42 Å². The number of aromatic nitrogens is 1. The summed E-state index contributed by atoms with van der Waals surface area (Å²) in [6.07, 6.45) is 2.47. The molecule has 2 aromatic rings. The smallest absolute Gasteiger partial charge is 0.303 e. The molecule has 0 saturated carbocycles. The highest BCUT2D eigenvalue weighted by molar-refractivity contribution is 7.15. The van der Waals surface area contributed by atoms with Crippen molar-refractivity contribution in [2.24, 2.45) is 0 Å². The van der Waals surface area contributed by atoms with Crippen LogP contribution in [0.4, 0.5) is 0 Å². The quantitative estimate of drug-likeness (QED) is 0.917. The summed E-state index contributed by atoms with van der Waals surface area (Å²) in [4.78, 5) is 15.9. The molecule has 0 aliphatic heterocycles. The topological polar surface area (TPSA) is 50.2 Å². The molecule has 0 amide bonds. The van der Waals surface area contributed by atoms with E-state index < -0.39 is 5.97 Å². The van der Waals surface area contributed by atoms with Crippen LogP contribution in [-0.4, -0.2) is 16.1 Å². The fourth-order valence-electron chi connectivity index (χ4n) is 1.67. The van der Waals surface area contributed by atoms with Gasteiger partial charge in [-0.2, -0.15) is 0 Å². The lowest BCUT2D eigenvalue weighted by molar-refractivity contribution is -0.136. The molecule has 4 heteroatoms. The maximum absolute atomic E-state index is 10.5. The van der Waals surface area contributed by atoms with Gasteiger partial charge in [0.1, 0.15) is 0 Å². The fourth-order valence-corrected chi connectivity index (χ4v) is 2.58. The minimum atomic E-state index is -0.780. The van der Waals surface area contributed by atoms with Crippen LogP contribution in [0.1, 0.15) is 22.6 Å². The summed E-state index contributed by atoms with van der Waals surface area (Å²) >= 11 is 1.57. The lowest BCUT2D eigenvalue weighted by Crippen LogP contribution is -1.96. The zero-order valence-electron chi connectivity index (χ0n) is 10.4. The van der Waals surface area contributed by atoms with Gasteiger partial charge in [0.2, 0.25) is 0 Å². The molecular weight excluding hydrogens is 246 g/mol. The molecule has 0 unspecified atom stereocenters. The van der Waals surface area contributed by atoms with Crippen molar-refractivity contribution in [3.05, 3.63) is 40.5 Å². The normalized spacial score (nSPS) is 10.6. The molecule has 0 fully saturated rings. The first-order valence-corrected chi connectivity index (χ1v) is 6.62. The molecule has 0 aliphatic carbocycles. The van der Waals surface area contributed by atoms with Crippen LogP contribution in [0.15, 0.2) is 24.4 Å². The molecule has 0 saturated heterocycles. The summed E-state index contributed by atoms with van der Waals surface area (Å²) in [7, 11) is 0. The van der Waals surface area contributed by atoms with Crippen LogP contribution in [0.3, 0.4) is 0 Å². The van der Waals surface area contributed by atoms with E-state index in [4.69, 9.17) is 5.11 Å². The SMILES string of the molecule is Cc1ccc(-c2cnc(CCC(=O)O)s2)cc1C. The number of hydrogen-bond donors (Lipinski definition) is 1. The third-order valence-corrected chi connectivity index (χ3v) is 4.00. The largest absolute Gasteiger partial charge is 0.481 e. The maximum Gasteiger partial charge on any atom is 0.303 e. The van der Waals surface area contributed by atoms with E-state index in [1.165, 1.54) is 11.1 Å². The number of hydrogen-bond acceptors (Lipinski definition) is 3. The molecule has 3 nitrogen and oxygen atoms in total. The Morgan fingerprint density at radius 2 is 2.11 bits per heavy atom. The summed E-state index contributed by atoms with van der Waals surface area (Å²) < 4.78 is 0. The number of carboxylic acid groups (broad SMARTS) is 1. The third-order valence-electron chi connectivity index (χ3n) is 2.90. The predicted molar refractivity (Wildman–Crippen MR) is 73.0 cm³/mol. The van der Waals surface area contributed by atoms with Crippen LogP contribution < -0.4 is 0 Å². The van der Waals surface area contributed by atoms with E-state index in [1.54, 1.807) is 11.3 Å². The summed E-state index contributed by atoms with van der Waals surface area (Å²) in [6, 6.07) is 6.32. The Balaban J connectivity index is 2.18. The number of aryl methyl sites for hydroxylation is 3. The second-order valence-corrected chi connectivity index (χ2v) is 5.43. The Hall–Kier alpha value is -1.68. The number of carbonyl (C=O) groups is 1. The van der Waals surface area contributed by atoms with Gasteiger partial charge in [0.05, 0.1) is 16.3 Å². The fraction of sp³-hybridized carbons (Fsp3) is 0.286. The van der Waals surface area contributed by atoms with Crippen LogP contribution in [0.2, 0.25) is 0 Å².